The van der Waals surface area contributed by atoms with Crippen LogP contribution in [0, 0.1) is 6.92 Å². The molecule has 1 heterocycles. The van der Waals surface area contributed by atoms with Crippen molar-refractivity contribution in [1.29, 1.82) is 0 Å². The standard InChI is InChI=1S/C21H23N3O2/c1-3-23(18-11-7-8-16(2)14-18)21(26)15-24-20(25)13-12-19(22-24)17-9-5-4-6-10-17/h4-11,14H,3,12-13,15H2,1-2H3. The third-order valence-corrected chi connectivity index (χ3v) is 4.43. The summed E-state index contributed by atoms with van der Waals surface area (Å²) < 4.78 is 0. The number of nitrogens with zero attached hydrogens (tertiary/aromatic N) is 3. The summed E-state index contributed by atoms with van der Waals surface area (Å²) in [6.07, 6.45) is 0.973. The number of hydrazone groups is 1. The van der Waals surface area contributed by atoms with Gasteiger partial charge >= 0.3 is 0 Å². The van der Waals surface area contributed by atoms with Gasteiger partial charge in [-0.3, -0.25) is 9.59 Å². The summed E-state index contributed by atoms with van der Waals surface area (Å²) in [6.45, 7) is 4.42. The lowest BCUT2D eigenvalue weighted by Gasteiger charge is -2.27. The van der Waals surface area contributed by atoms with Crippen LogP contribution in [0.5, 0.6) is 0 Å². The summed E-state index contributed by atoms with van der Waals surface area (Å²) in [5.41, 5.74) is 3.77. The van der Waals surface area contributed by atoms with Gasteiger partial charge in [0.2, 0.25) is 11.8 Å². The molecule has 1 aliphatic heterocycles. The van der Waals surface area contributed by atoms with Crippen molar-refractivity contribution in [1.82, 2.24) is 5.01 Å². The number of amides is 2. The zero-order valence-electron chi connectivity index (χ0n) is 15.2. The molecule has 0 spiro atoms. The van der Waals surface area contributed by atoms with Crippen molar-refractivity contribution in [2.75, 3.05) is 18.0 Å². The molecule has 0 N–H and O–H groups in total. The molecule has 1 aliphatic rings. The fourth-order valence-corrected chi connectivity index (χ4v) is 3.07. The Bertz CT molecular complexity index is 830. The van der Waals surface area contributed by atoms with Crippen molar-refractivity contribution < 1.29 is 9.59 Å². The zero-order valence-corrected chi connectivity index (χ0v) is 15.2. The molecule has 0 atom stereocenters. The van der Waals surface area contributed by atoms with Crippen LogP contribution in [0.25, 0.3) is 0 Å². The molecule has 134 valence electrons. The summed E-state index contributed by atoms with van der Waals surface area (Å²) in [7, 11) is 0. The minimum Gasteiger partial charge on any atom is -0.311 e. The van der Waals surface area contributed by atoms with E-state index in [0.717, 1.165) is 22.5 Å². The number of hydrogen-bond acceptors (Lipinski definition) is 3. The summed E-state index contributed by atoms with van der Waals surface area (Å²) in [6, 6.07) is 17.6. The molecule has 0 radical (unpaired) electrons. The Morgan fingerprint density at radius 1 is 1.12 bits per heavy atom. The topological polar surface area (TPSA) is 53.0 Å². The second-order valence-electron chi connectivity index (χ2n) is 6.34. The second kappa shape index (κ2) is 7.95. The number of rotatable bonds is 5. The van der Waals surface area contributed by atoms with Crippen molar-refractivity contribution >= 4 is 23.2 Å². The summed E-state index contributed by atoms with van der Waals surface area (Å²) in [5, 5.41) is 5.77. The van der Waals surface area contributed by atoms with Crippen LogP contribution in [0.2, 0.25) is 0 Å². The van der Waals surface area contributed by atoms with Gasteiger partial charge in [-0.05, 0) is 37.1 Å². The molecule has 3 rings (SSSR count). The highest BCUT2D eigenvalue weighted by Crippen LogP contribution is 2.18. The summed E-state index contributed by atoms with van der Waals surface area (Å²) in [5.74, 6) is -0.247. The molecule has 26 heavy (non-hydrogen) atoms. The quantitative estimate of drug-likeness (QED) is 0.831. The highest BCUT2D eigenvalue weighted by Gasteiger charge is 2.25. The van der Waals surface area contributed by atoms with Gasteiger partial charge in [0.15, 0.2) is 0 Å². The number of carbonyl (C=O) groups excluding carboxylic acids is 2. The molecular formula is C21H23N3O2. The SMILES string of the molecule is CCN(C(=O)CN1N=C(c2ccccc2)CCC1=O)c1cccc(C)c1. The minimum atomic E-state index is -0.135. The van der Waals surface area contributed by atoms with Crippen LogP contribution in [0.1, 0.15) is 30.9 Å². The third-order valence-electron chi connectivity index (χ3n) is 4.43. The Balaban J connectivity index is 1.79. The Kier molecular flexibility index (Phi) is 5.46. The average molecular weight is 349 g/mol. The van der Waals surface area contributed by atoms with Crippen LogP contribution in [-0.2, 0) is 9.59 Å². The van der Waals surface area contributed by atoms with Crippen LogP contribution < -0.4 is 4.90 Å². The van der Waals surface area contributed by atoms with Gasteiger partial charge in [0, 0.05) is 25.1 Å². The fourth-order valence-electron chi connectivity index (χ4n) is 3.07. The lowest BCUT2D eigenvalue weighted by atomic mass is 10.0. The summed E-state index contributed by atoms with van der Waals surface area (Å²) in [4.78, 5) is 26.7. The predicted octanol–water partition coefficient (Wildman–Crippen LogP) is 3.37. The van der Waals surface area contributed by atoms with Gasteiger partial charge in [-0.15, -0.1) is 0 Å². The van der Waals surface area contributed by atoms with Crippen LogP contribution in [0.4, 0.5) is 5.69 Å². The molecule has 0 saturated heterocycles. The van der Waals surface area contributed by atoms with Crippen LogP contribution >= 0.6 is 0 Å². The fraction of sp³-hybridized carbons (Fsp3) is 0.286. The van der Waals surface area contributed by atoms with E-state index in [-0.39, 0.29) is 18.4 Å². The third kappa shape index (κ3) is 3.99. The van der Waals surface area contributed by atoms with E-state index in [2.05, 4.69) is 5.10 Å². The van der Waals surface area contributed by atoms with E-state index in [1.807, 2.05) is 68.4 Å². The van der Waals surface area contributed by atoms with Crippen molar-refractivity contribution in [3.63, 3.8) is 0 Å². The van der Waals surface area contributed by atoms with Crippen molar-refractivity contribution in [2.45, 2.75) is 26.7 Å². The molecule has 0 saturated carbocycles. The molecule has 5 heteroatoms. The number of anilines is 1. The van der Waals surface area contributed by atoms with Gasteiger partial charge in [-0.25, -0.2) is 5.01 Å². The van der Waals surface area contributed by atoms with E-state index in [0.29, 0.717) is 19.4 Å². The maximum Gasteiger partial charge on any atom is 0.248 e. The van der Waals surface area contributed by atoms with Gasteiger partial charge in [-0.1, -0.05) is 42.5 Å². The van der Waals surface area contributed by atoms with E-state index < -0.39 is 0 Å². The predicted molar refractivity (Wildman–Crippen MR) is 103 cm³/mol. The number of benzene rings is 2. The first-order chi connectivity index (χ1) is 12.6. The number of likely N-dealkylation sites (N-methyl/N-ethyl adjacent to an activating group) is 1. The van der Waals surface area contributed by atoms with Crippen molar-refractivity contribution in [3.05, 3.63) is 65.7 Å². The molecule has 0 aromatic heterocycles. The van der Waals surface area contributed by atoms with Gasteiger partial charge in [0.1, 0.15) is 6.54 Å². The minimum absolute atomic E-state index is 0.0447. The molecule has 2 aromatic rings. The molecule has 0 unspecified atom stereocenters. The van der Waals surface area contributed by atoms with Gasteiger partial charge < -0.3 is 4.90 Å². The molecule has 2 amide bonds. The first-order valence-electron chi connectivity index (χ1n) is 8.88. The largest absolute Gasteiger partial charge is 0.311 e. The van der Waals surface area contributed by atoms with E-state index >= 15 is 0 Å². The molecular weight excluding hydrogens is 326 g/mol. The lowest BCUT2D eigenvalue weighted by Crippen LogP contribution is -2.42. The Morgan fingerprint density at radius 2 is 1.88 bits per heavy atom. The van der Waals surface area contributed by atoms with Crippen molar-refractivity contribution in [2.24, 2.45) is 5.10 Å². The van der Waals surface area contributed by atoms with Gasteiger partial charge in [0.05, 0.1) is 5.71 Å². The van der Waals surface area contributed by atoms with Gasteiger partial charge in [-0.2, -0.15) is 5.10 Å². The first kappa shape index (κ1) is 17.9. The zero-order chi connectivity index (χ0) is 18.5. The Morgan fingerprint density at radius 3 is 2.58 bits per heavy atom. The average Bonchev–Trinajstić information content (AvgIpc) is 2.65. The normalized spacial score (nSPS) is 14.2. The Hall–Kier alpha value is -2.95. The molecule has 2 aromatic carbocycles. The number of carbonyl (C=O) groups is 2. The van der Waals surface area contributed by atoms with E-state index in [4.69, 9.17) is 0 Å². The lowest BCUT2D eigenvalue weighted by molar-refractivity contribution is -0.135. The maximum absolute atomic E-state index is 12.8. The van der Waals surface area contributed by atoms with Crippen LogP contribution in [0.3, 0.4) is 0 Å². The Labute approximate surface area is 153 Å². The molecule has 5 nitrogen and oxygen atoms in total. The highest BCUT2D eigenvalue weighted by molar-refractivity contribution is 6.05. The number of hydrogen-bond donors (Lipinski definition) is 0. The highest BCUT2D eigenvalue weighted by atomic mass is 16.2. The second-order valence-corrected chi connectivity index (χ2v) is 6.34. The summed E-state index contributed by atoms with van der Waals surface area (Å²) >= 11 is 0. The molecule has 0 bridgehead atoms. The van der Waals surface area contributed by atoms with Gasteiger partial charge in [0.25, 0.3) is 0 Å². The number of aryl methyl sites for hydroxylation is 1. The van der Waals surface area contributed by atoms with E-state index in [1.54, 1.807) is 4.90 Å². The van der Waals surface area contributed by atoms with Crippen LogP contribution in [-0.4, -0.2) is 35.6 Å². The van der Waals surface area contributed by atoms with E-state index in [9.17, 15) is 9.59 Å². The first-order valence-corrected chi connectivity index (χ1v) is 8.88. The van der Waals surface area contributed by atoms with Crippen LogP contribution in [0.15, 0.2) is 59.7 Å². The van der Waals surface area contributed by atoms with E-state index in [1.165, 1.54) is 5.01 Å². The smallest absolute Gasteiger partial charge is 0.248 e. The molecule has 0 fully saturated rings. The molecule has 0 aliphatic carbocycles. The monoisotopic (exact) mass is 349 g/mol. The maximum atomic E-state index is 12.8. The van der Waals surface area contributed by atoms with Crippen molar-refractivity contribution in [3.8, 4) is 0 Å².